The van der Waals surface area contributed by atoms with E-state index in [-0.39, 0.29) is 12.1 Å². The molecule has 2 unspecified atom stereocenters. The number of nitrogens with two attached hydrogens (primary N) is 1. The summed E-state index contributed by atoms with van der Waals surface area (Å²) in [6.45, 7) is 5.09. The largest absolute Gasteiger partial charge is 0.326 e. The van der Waals surface area contributed by atoms with Gasteiger partial charge in [0.15, 0.2) is 0 Å². The fourth-order valence-electron chi connectivity index (χ4n) is 2.44. The van der Waals surface area contributed by atoms with Gasteiger partial charge in [-0.15, -0.1) is 11.3 Å². The minimum Gasteiger partial charge on any atom is -0.326 e. The summed E-state index contributed by atoms with van der Waals surface area (Å²) in [7, 11) is 2.14. The molecule has 2 rings (SSSR count). The van der Waals surface area contributed by atoms with Crippen LogP contribution < -0.4 is 5.73 Å². The average Bonchev–Trinajstić information content (AvgIpc) is 2.78. The van der Waals surface area contributed by atoms with Crippen molar-refractivity contribution in [1.82, 2.24) is 4.90 Å². The van der Waals surface area contributed by atoms with E-state index in [0.29, 0.717) is 0 Å². The molecular weight excluding hydrogens is 332 g/mol. The standard InChI is InChI=1S/C16H21BrN2S/c1-11-4-6-13(7-5-11)10-19(3)16(12(2)18)14-8-9-15(17)20-14/h4-9,12,16H,10,18H2,1-3H3. The highest BCUT2D eigenvalue weighted by Crippen LogP contribution is 2.32. The SMILES string of the molecule is Cc1ccc(CN(C)C(c2ccc(Br)s2)C(C)N)cc1. The van der Waals surface area contributed by atoms with Crippen molar-refractivity contribution < 1.29 is 0 Å². The Labute approximate surface area is 133 Å². The molecule has 0 amide bonds. The van der Waals surface area contributed by atoms with Crippen LogP contribution in [0, 0.1) is 6.92 Å². The van der Waals surface area contributed by atoms with Gasteiger partial charge in [0, 0.05) is 17.5 Å². The van der Waals surface area contributed by atoms with E-state index in [0.717, 1.165) is 10.3 Å². The van der Waals surface area contributed by atoms with Crippen molar-refractivity contribution in [2.75, 3.05) is 7.05 Å². The lowest BCUT2D eigenvalue weighted by molar-refractivity contribution is 0.214. The molecule has 1 aromatic carbocycles. The van der Waals surface area contributed by atoms with Crippen LogP contribution in [0.1, 0.15) is 29.0 Å². The highest BCUT2D eigenvalue weighted by Gasteiger charge is 2.22. The van der Waals surface area contributed by atoms with Gasteiger partial charge in [0.1, 0.15) is 0 Å². The second kappa shape index (κ2) is 6.85. The lowest BCUT2D eigenvalue weighted by Gasteiger charge is -2.30. The van der Waals surface area contributed by atoms with Crippen LogP contribution >= 0.6 is 27.3 Å². The molecule has 108 valence electrons. The van der Waals surface area contributed by atoms with Crippen molar-refractivity contribution in [2.45, 2.75) is 32.5 Å². The van der Waals surface area contributed by atoms with E-state index < -0.39 is 0 Å². The van der Waals surface area contributed by atoms with Gasteiger partial charge in [0.05, 0.1) is 9.83 Å². The maximum absolute atomic E-state index is 6.21. The third-order valence-electron chi connectivity index (χ3n) is 3.41. The Morgan fingerprint density at radius 3 is 2.35 bits per heavy atom. The van der Waals surface area contributed by atoms with Crippen LogP contribution in [0.25, 0.3) is 0 Å². The number of halogens is 1. The Kier molecular flexibility index (Phi) is 5.38. The Bertz CT molecular complexity index is 548. The van der Waals surface area contributed by atoms with E-state index in [9.17, 15) is 0 Å². The summed E-state index contributed by atoms with van der Waals surface area (Å²) in [4.78, 5) is 3.63. The van der Waals surface area contributed by atoms with Crippen LogP contribution in [0.3, 0.4) is 0 Å². The zero-order chi connectivity index (χ0) is 14.7. The number of hydrogen-bond donors (Lipinski definition) is 1. The van der Waals surface area contributed by atoms with Crippen LogP contribution in [-0.4, -0.2) is 18.0 Å². The first-order valence-corrected chi connectivity index (χ1v) is 8.35. The molecule has 0 saturated heterocycles. The van der Waals surface area contributed by atoms with Gasteiger partial charge in [-0.1, -0.05) is 29.8 Å². The maximum atomic E-state index is 6.21. The Morgan fingerprint density at radius 2 is 1.85 bits per heavy atom. The van der Waals surface area contributed by atoms with Crippen molar-refractivity contribution >= 4 is 27.3 Å². The predicted molar refractivity (Wildman–Crippen MR) is 91.1 cm³/mol. The predicted octanol–water partition coefficient (Wildman–Crippen LogP) is 4.34. The molecular formula is C16H21BrN2S. The number of nitrogens with zero attached hydrogens (tertiary/aromatic N) is 1. The molecule has 1 aromatic heterocycles. The van der Waals surface area contributed by atoms with Crippen LogP contribution in [-0.2, 0) is 6.54 Å². The quantitative estimate of drug-likeness (QED) is 0.866. The fraction of sp³-hybridized carbons (Fsp3) is 0.375. The highest BCUT2D eigenvalue weighted by molar-refractivity contribution is 9.11. The normalized spacial score (nSPS) is 14.5. The van der Waals surface area contributed by atoms with E-state index >= 15 is 0 Å². The lowest BCUT2D eigenvalue weighted by atomic mass is 10.1. The molecule has 0 aliphatic carbocycles. The minimum absolute atomic E-state index is 0.0935. The van der Waals surface area contributed by atoms with Gasteiger partial charge in [0.25, 0.3) is 0 Å². The average molecular weight is 353 g/mol. The molecule has 0 spiro atoms. The van der Waals surface area contributed by atoms with Gasteiger partial charge in [0.2, 0.25) is 0 Å². The van der Waals surface area contributed by atoms with Crippen LogP contribution in [0.2, 0.25) is 0 Å². The number of thiophene rings is 1. The number of benzene rings is 1. The molecule has 20 heavy (non-hydrogen) atoms. The van der Waals surface area contributed by atoms with Crippen molar-refractivity contribution in [2.24, 2.45) is 5.73 Å². The first-order valence-electron chi connectivity index (χ1n) is 6.74. The Hall–Kier alpha value is -0.680. The summed E-state index contributed by atoms with van der Waals surface area (Å²) >= 11 is 5.29. The minimum atomic E-state index is 0.0935. The number of likely N-dealkylation sites (N-methyl/N-ethyl adjacent to an activating group) is 1. The van der Waals surface area contributed by atoms with Crippen LogP contribution in [0.4, 0.5) is 0 Å². The summed E-state index contributed by atoms with van der Waals surface area (Å²) in [5.74, 6) is 0. The maximum Gasteiger partial charge on any atom is 0.0702 e. The summed E-state index contributed by atoms with van der Waals surface area (Å²) < 4.78 is 1.15. The molecule has 2 nitrogen and oxygen atoms in total. The summed E-state index contributed by atoms with van der Waals surface area (Å²) in [5.41, 5.74) is 8.82. The lowest BCUT2D eigenvalue weighted by Crippen LogP contribution is -2.36. The van der Waals surface area contributed by atoms with E-state index in [4.69, 9.17) is 5.73 Å². The first kappa shape index (κ1) is 15.7. The molecule has 0 bridgehead atoms. The second-order valence-electron chi connectivity index (χ2n) is 5.35. The third-order valence-corrected chi connectivity index (χ3v) is 5.11. The Morgan fingerprint density at radius 1 is 1.20 bits per heavy atom. The first-order chi connectivity index (χ1) is 9.47. The molecule has 4 heteroatoms. The van der Waals surface area contributed by atoms with Crippen molar-refractivity contribution in [1.29, 1.82) is 0 Å². The zero-order valence-corrected chi connectivity index (χ0v) is 14.5. The molecule has 2 aromatic rings. The van der Waals surface area contributed by atoms with E-state index in [1.165, 1.54) is 16.0 Å². The van der Waals surface area contributed by atoms with E-state index in [1.54, 1.807) is 11.3 Å². The Balaban J connectivity index is 2.15. The van der Waals surface area contributed by atoms with Crippen LogP contribution in [0.5, 0.6) is 0 Å². The van der Waals surface area contributed by atoms with E-state index in [1.807, 2.05) is 0 Å². The highest BCUT2D eigenvalue weighted by atomic mass is 79.9. The summed E-state index contributed by atoms with van der Waals surface area (Å²) in [6, 6.07) is 13.3. The molecule has 2 N–H and O–H groups in total. The van der Waals surface area contributed by atoms with Crippen molar-refractivity contribution in [3.8, 4) is 0 Å². The number of hydrogen-bond acceptors (Lipinski definition) is 3. The van der Waals surface area contributed by atoms with Crippen molar-refractivity contribution in [3.05, 3.63) is 56.2 Å². The summed E-state index contributed by atoms with van der Waals surface area (Å²) in [6.07, 6.45) is 0. The van der Waals surface area contributed by atoms with E-state index in [2.05, 4.69) is 78.1 Å². The molecule has 0 radical (unpaired) electrons. The smallest absolute Gasteiger partial charge is 0.0702 e. The van der Waals surface area contributed by atoms with Gasteiger partial charge < -0.3 is 5.73 Å². The molecule has 0 aliphatic rings. The van der Waals surface area contributed by atoms with Gasteiger partial charge in [-0.2, -0.15) is 0 Å². The monoisotopic (exact) mass is 352 g/mol. The number of aryl methyl sites for hydroxylation is 1. The molecule has 2 atom stereocenters. The fourth-order valence-corrected chi connectivity index (χ4v) is 4.15. The van der Waals surface area contributed by atoms with Crippen LogP contribution in [0.15, 0.2) is 40.2 Å². The summed E-state index contributed by atoms with van der Waals surface area (Å²) in [5, 5.41) is 0. The topological polar surface area (TPSA) is 29.3 Å². The number of rotatable bonds is 5. The molecule has 0 aliphatic heterocycles. The third kappa shape index (κ3) is 3.92. The molecule has 0 saturated carbocycles. The zero-order valence-electron chi connectivity index (χ0n) is 12.1. The second-order valence-corrected chi connectivity index (χ2v) is 7.84. The van der Waals surface area contributed by atoms with Crippen molar-refractivity contribution in [3.63, 3.8) is 0 Å². The molecule has 0 fully saturated rings. The van der Waals surface area contributed by atoms with Gasteiger partial charge in [-0.3, -0.25) is 4.90 Å². The van der Waals surface area contributed by atoms with Gasteiger partial charge in [-0.05, 0) is 54.5 Å². The molecule has 1 heterocycles. The van der Waals surface area contributed by atoms with Gasteiger partial charge in [-0.25, -0.2) is 0 Å². The van der Waals surface area contributed by atoms with Gasteiger partial charge >= 0.3 is 0 Å².